The Hall–Kier alpha value is -5.04. The second-order valence-corrected chi connectivity index (χ2v) is 9.85. The Kier molecular flexibility index (Phi) is 4.57. The van der Waals surface area contributed by atoms with Gasteiger partial charge in [0.05, 0.1) is 16.8 Å². The molecule has 6 aromatic rings. The molecule has 0 spiro atoms. The van der Waals surface area contributed by atoms with Gasteiger partial charge in [0.25, 0.3) is 0 Å². The Labute approximate surface area is 221 Å². The second kappa shape index (κ2) is 8.24. The van der Waals surface area contributed by atoms with Gasteiger partial charge in [0, 0.05) is 28.3 Å². The molecule has 2 aliphatic rings. The topological polar surface area (TPSA) is 14.2 Å². The molecule has 1 aromatic heterocycles. The quantitative estimate of drug-likeness (QED) is 0.228. The van der Waals surface area contributed by atoms with E-state index in [4.69, 9.17) is 4.74 Å². The van der Waals surface area contributed by atoms with Crippen molar-refractivity contribution < 1.29 is 4.74 Å². The Morgan fingerprint density at radius 1 is 0.605 bits per heavy atom. The van der Waals surface area contributed by atoms with Gasteiger partial charge >= 0.3 is 0 Å². The minimum absolute atomic E-state index is 0.163. The van der Waals surface area contributed by atoms with Gasteiger partial charge in [-0.25, -0.2) is 0 Å². The highest BCUT2D eigenvalue weighted by molar-refractivity contribution is 5.96. The Bertz CT molecular complexity index is 1860. The van der Waals surface area contributed by atoms with Crippen molar-refractivity contribution in [1.82, 2.24) is 4.57 Å². The van der Waals surface area contributed by atoms with Crippen LogP contribution in [0.4, 0.5) is 0 Å². The van der Waals surface area contributed by atoms with E-state index >= 15 is 0 Å². The summed E-state index contributed by atoms with van der Waals surface area (Å²) in [4.78, 5) is 0. The maximum absolute atomic E-state index is 6.55. The molecule has 0 saturated carbocycles. The summed E-state index contributed by atoms with van der Waals surface area (Å²) in [6.07, 6.45) is 1.98. The van der Waals surface area contributed by atoms with Gasteiger partial charge < -0.3 is 9.30 Å². The van der Waals surface area contributed by atoms with E-state index in [1.54, 1.807) is 0 Å². The number of benzene rings is 5. The maximum Gasteiger partial charge on any atom is 0.159 e. The van der Waals surface area contributed by atoms with E-state index in [-0.39, 0.29) is 6.10 Å². The summed E-state index contributed by atoms with van der Waals surface area (Å²) >= 11 is 0. The van der Waals surface area contributed by atoms with Crippen LogP contribution in [0.1, 0.15) is 22.9 Å². The fourth-order valence-corrected chi connectivity index (χ4v) is 5.94. The first-order chi connectivity index (χ1) is 18.8. The van der Waals surface area contributed by atoms with Crippen molar-refractivity contribution in [2.24, 2.45) is 0 Å². The fourth-order valence-electron chi connectivity index (χ4n) is 5.94. The Balaban J connectivity index is 1.41. The number of nitrogens with zero attached hydrogens (tertiary/aromatic N) is 1. The van der Waals surface area contributed by atoms with Crippen molar-refractivity contribution in [2.45, 2.75) is 6.10 Å². The maximum atomic E-state index is 6.55. The SMILES string of the molecule is C1=Cc2c(c3ccccc3n2-c2cc(-c3ccccc3)cc(-c3ccccc3)c2)C2Oc3ccccc3C=12. The lowest BCUT2D eigenvalue weighted by atomic mass is 9.92. The van der Waals surface area contributed by atoms with Gasteiger partial charge in [-0.1, -0.05) is 97.1 Å². The second-order valence-electron chi connectivity index (χ2n) is 9.85. The van der Waals surface area contributed by atoms with Gasteiger partial charge in [-0.2, -0.15) is 0 Å². The van der Waals surface area contributed by atoms with Crippen molar-refractivity contribution in [2.75, 3.05) is 0 Å². The largest absolute Gasteiger partial charge is 0.480 e. The van der Waals surface area contributed by atoms with Crippen LogP contribution in [0, 0.1) is 0 Å². The molecule has 1 unspecified atom stereocenters. The summed E-state index contributed by atoms with van der Waals surface area (Å²) in [5, 5.41) is 1.21. The van der Waals surface area contributed by atoms with Crippen LogP contribution in [0.25, 0.3) is 50.5 Å². The van der Waals surface area contributed by atoms with Crippen molar-refractivity contribution >= 4 is 22.6 Å². The average molecular weight is 486 g/mol. The molecule has 1 atom stereocenters. The molecule has 8 rings (SSSR count). The van der Waals surface area contributed by atoms with Crippen LogP contribution in [0.15, 0.2) is 133 Å². The predicted octanol–water partition coefficient (Wildman–Crippen LogP) is 9.11. The van der Waals surface area contributed by atoms with Crippen molar-refractivity contribution in [3.8, 4) is 33.7 Å². The number of fused-ring (bicyclic) bond motifs is 7. The van der Waals surface area contributed by atoms with Crippen LogP contribution in [0.3, 0.4) is 0 Å². The Morgan fingerprint density at radius 3 is 1.97 bits per heavy atom. The van der Waals surface area contributed by atoms with E-state index in [2.05, 4.69) is 138 Å². The predicted molar refractivity (Wildman–Crippen MR) is 155 cm³/mol. The third kappa shape index (κ3) is 3.15. The van der Waals surface area contributed by atoms with Crippen LogP contribution in [-0.2, 0) is 0 Å². The molecule has 2 heteroatoms. The van der Waals surface area contributed by atoms with Crippen LogP contribution in [0.5, 0.6) is 5.75 Å². The summed E-state index contributed by atoms with van der Waals surface area (Å²) in [5.41, 5.74) is 15.2. The van der Waals surface area contributed by atoms with Gasteiger partial charge in [0.1, 0.15) is 5.75 Å². The fraction of sp³-hybridized carbons (Fsp3) is 0.0278. The summed E-state index contributed by atoms with van der Waals surface area (Å²) in [5.74, 6) is 0.926. The van der Waals surface area contributed by atoms with Crippen LogP contribution < -0.4 is 4.74 Å². The third-order valence-corrected chi connectivity index (χ3v) is 7.65. The highest BCUT2D eigenvalue weighted by Gasteiger charge is 2.36. The van der Waals surface area contributed by atoms with Crippen LogP contribution in [0.2, 0.25) is 0 Å². The summed E-state index contributed by atoms with van der Waals surface area (Å²) < 4.78 is 8.92. The number of hydrogen-bond donors (Lipinski definition) is 0. The highest BCUT2D eigenvalue weighted by atomic mass is 16.5. The molecule has 38 heavy (non-hydrogen) atoms. The van der Waals surface area contributed by atoms with Gasteiger partial charge in [-0.05, 0) is 52.6 Å². The van der Waals surface area contributed by atoms with E-state index in [0.29, 0.717) is 0 Å². The first kappa shape index (κ1) is 21.1. The standard InChI is InChI=1S/C36H23NO/c1-3-11-24(12-4-1)26-21-27(25-13-5-2-6-14-25)23-28(22-26)37-32-17-9-7-16-31(32)35-33(37)20-19-30-29-15-8-10-18-34(29)38-36(30)35/h1-18,20-23,36H. The van der Waals surface area contributed by atoms with E-state index in [1.165, 1.54) is 38.7 Å². The molecule has 2 nitrogen and oxygen atoms in total. The molecule has 0 radical (unpaired) electrons. The lowest BCUT2D eigenvalue weighted by molar-refractivity contribution is 0.284. The first-order valence-corrected chi connectivity index (χ1v) is 13.0. The number of hydrogen-bond acceptors (Lipinski definition) is 1. The Morgan fingerprint density at radius 2 is 1.24 bits per heavy atom. The van der Waals surface area contributed by atoms with Gasteiger partial charge in [-0.15, -0.1) is 5.73 Å². The molecule has 0 fully saturated rings. The summed E-state index contributed by atoms with van der Waals surface area (Å²) in [7, 11) is 0. The molecule has 0 amide bonds. The molecule has 0 bridgehead atoms. The van der Waals surface area contributed by atoms with Crippen LogP contribution >= 0.6 is 0 Å². The number of ether oxygens (including phenoxy) is 1. The van der Waals surface area contributed by atoms with Crippen molar-refractivity contribution in [3.63, 3.8) is 0 Å². The number of para-hydroxylation sites is 2. The molecule has 0 saturated heterocycles. The first-order valence-electron chi connectivity index (χ1n) is 13.0. The molecule has 1 aliphatic heterocycles. The zero-order valence-electron chi connectivity index (χ0n) is 20.6. The van der Waals surface area contributed by atoms with Gasteiger partial charge in [0.15, 0.2) is 6.10 Å². The van der Waals surface area contributed by atoms with Gasteiger partial charge in [0.2, 0.25) is 0 Å². The lowest BCUT2D eigenvalue weighted by Crippen LogP contribution is -2.07. The number of aromatic nitrogens is 1. The summed E-state index contributed by atoms with van der Waals surface area (Å²) in [6, 6.07) is 45.1. The third-order valence-electron chi connectivity index (χ3n) is 7.65. The molecule has 5 aromatic carbocycles. The monoisotopic (exact) mass is 485 g/mol. The summed E-state index contributed by atoms with van der Waals surface area (Å²) in [6.45, 7) is 0. The minimum Gasteiger partial charge on any atom is -0.480 e. The zero-order valence-corrected chi connectivity index (χ0v) is 20.6. The van der Waals surface area contributed by atoms with Crippen molar-refractivity contribution in [3.05, 3.63) is 150 Å². The molecule has 2 heterocycles. The van der Waals surface area contributed by atoms with Crippen LogP contribution in [-0.4, -0.2) is 4.57 Å². The zero-order chi connectivity index (χ0) is 25.1. The normalized spacial score (nSPS) is 14.9. The van der Waals surface area contributed by atoms with E-state index in [1.807, 2.05) is 6.07 Å². The molecule has 1 aliphatic carbocycles. The van der Waals surface area contributed by atoms with E-state index in [9.17, 15) is 0 Å². The lowest BCUT2D eigenvalue weighted by Gasteiger charge is -2.18. The van der Waals surface area contributed by atoms with Gasteiger partial charge in [-0.3, -0.25) is 0 Å². The molecule has 0 N–H and O–H groups in total. The average Bonchev–Trinajstić information content (AvgIpc) is 3.53. The minimum atomic E-state index is -0.163. The molecular formula is C36H23NO. The molecular weight excluding hydrogens is 462 g/mol. The van der Waals surface area contributed by atoms with E-state index < -0.39 is 0 Å². The smallest absolute Gasteiger partial charge is 0.159 e. The highest BCUT2D eigenvalue weighted by Crippen LogP contribution is 2.50. The number of rotatable bonds is 3. The molecule has 178 valence electrons. The van der Waals surface area contributed by atoms with Crippen molar-refractivity contribution in [1.29, 1.82) is 0 Å². The van der Waals surface area contributed by atoms with E-state index in [0.717, 1.165) is 28.3 Å².